The van der Waals surface area contributed by atoms with Crippen LogP contribution in [0.1, 0.15) is 29.4 Å². The number of ether oxygens (including phenoxy) is 1. The summed E-state index contributed by atoms with van der Waals surface area (Å²) in [5.41, 5.74) is -1.09. The summed E-state index contributed by atoms with van der Waals surface area (Å²) >= 11 is 1.64. The van der Waals surface area contributed by atoms with E-state index in [-0.39, 0.29) is 16.1 Å². The van der Waals surface area contributed by atoms with Gasteiger partial charge in [0.2, 0.25) is 0 Å². The lowest BCUT2D eigenvalue weighted by Crippen LogP contribution is -2.12. The highest BCUT2D eigenvalue weighted by Gasteiger charge is 2.23. The van der Waals surface area contributed by atoms with Gasteiger partial charge in [0.05, 0.1) is 12.2 Å². The molecule has 0 saturated heterocycles. The Balaban J connectivity index is 3.24. The Bertz CT molecular complexity index is 412. The number of esters is 1. The maximum atomic E-state index is 12.6. The number of nitrogens with zero attached hydrogens (tertiary/aromatic N) is 1. The van der Waals surface area contributed by atoms with E-state index in [1.165, 1.54) is 0 Å². The molecule has 0 fully saturated rings. The monoisotopic (exact) mass is 343 g/mol. The van der Waals surface area contributed by atoms with Crippen molar-refractivity contribution in [2.24, 2.45) is 0 Å². The molecule has 0 atom stereocenters. The lowest BCUT2D eigenvalue weighted by Gasteiger charge is -2.08. The van der Waals surface area contributed by atoms with E-state index >= 15 is 0 Å². The quantitative estimate of drug-likeness (QED) is 0.521. The number of hydrogen-bond donors (Lipinski definition) is 1. The van der Waals surface area contributed by atoms with Crippen molar-refractivity contribution in [3.8, 4) is 5.75 Å². The topological polar surface area (TPSA) is 59.4 Å². The largest absolute Gasteiger partial charge is 0.505 e. The maximum Gasteiger partial charge on any atom is 0.357 e. The minimum atomic E-state index is -2.89. The average molecular weight is 343 g/mol. The molecule has 0 radical (unpaired) electrons. The van der Waals surface area contributed by atoms with Crippen LogP contribution in [0.5, 0.6) is 5.75 Å². The van der Waals surface area contributed by atoms with Crippen LogP contribution >= 0.6 is 22.6 Å². The highest BCUT2D eigenvalue weighted by Crippen LogP contribution is 2.28. The molecule has 1 aromatic rings. The molecular weight excluding hydrogens is 335 g/mol. The zero-order chi connectivity index (χ0) is 12.3. The van der Waals surface area contributed by atoms with Gasteiger partial charge in [-0.05, 0) is 35.6 Å². The molecule has 1 N–H and O–H groups in total. The van der Waals surface area contributed by atoms with Gasteiger partial charge >= 0.3 is 5.97 Å². The summed E-state index contributed by atoms with van der Waals surface area (Å²) in [6, 6.07) is 0.825. The summed E-state index contributed by atoms with van der Waals surface area (Å²) in [5.74, 6) is -1.31. The van der Waals surface area contributed by atoms with Gasteiger partial charge < -0.3 is 9.84 Å². The lowest BCUT2D eigenvalue weighted by molar-refractivity contribution is 0.0507. The molecule has 0 aliphatic heterocycles. The fourth-order valence-electron chi connectivity index (χ4n) is 1.02. The van der Waals surface area contributed by atoms with Crippen molar-refractivity contribution in [2.75, 3.05) is 6.61 Å². The Morgan fingerprint density at radius 2 is 2.31 bits per heavy atom. The van der Waals surface area contributed by atoms with E-state index < -0.39 is 23.7 Å². The van der Waals surface area contributed by atoms with Crippen LogP contribution in [-0.4, -0.2) is 22.7 Å². The van der Waals surface area contributed by atoms with Crippen molar-refractivity contribution in [1.29, 1.82) is 0 Å². The molecule has 88 valence electrons. The van der Waals surface area contributed by atoms with Gasteiger partial charge in [0.1, 0.15) is 9.45 Å². The van der Waals surface area contributed by atoms with E-state index in [1.807, 2.05) is 0 Å². The third-order valence-corrected chi connectivity index (χ3v) is 2.48. The summed E-state index contributed by atoms with van der Waals surface area (Å²) in [6.07, 6.45) is -2.89. The number of hydrogen-bond acceptors (Lipinski definition) is 4. The first-order valence-corrected chi connectivity index (χ1v) is 5.40. The first kappa shape index (κ1) is 13.1. The van der Waals surface area contributed by atoms with Crippen LogP contribution in [0.2, 0.25) is 0 Å². The molecule has 0 aromatic carbocycles. The number of aromatic hydroxyl groups is 1. The van der Waals surface area contributed by atoms with Gasteiger partial charge in [-0.15, -0.1) is 0 Å². The van der Waals surface area contributed by atoms with E-state index in [0.29, 0.717) is 0 Å². The minimum Gasteiger partial charge on any atom is -0.505 e. The summed E-state index contributed by atoms with van der Waals surface area (Å²) < 4.78 is 29.8. The van der Waals surface area contributed by atoms with Crippen molar-refractivity contribution in [3.05, 3.63) is 21.0 Å². The van der Waals surface area contributed by atoms with Crippen LogP contribution in [0.15, 0.2) is 6.07 Å². The molecule has 0 amide bonds. The van der Waals surface area contributed by atoms with Crippen LogP contribution in [0.3, 0.4) is 0 Å². The molecule has 1 heterocycles. The Labute approximate surface area is 104 Å². The van der Waals surface area contributed by atoms with Crippen molar-refractivity contribution in [3.63, 3.8) is 0 Å². The molecule has 0 aliphatic rings. The van der Waals surface area contributed by atoms with Crippen LogP contribution in [-0.2, 0) is 4.74 Å². The van der Waals surface area contributed by atoms with E-state index in [0.717, 1.165) is 6.07 Å². The second kappa shape index (κ2) is 5.37. The normalized spacial score (nSPS) is 10.6. The summed E-state index contributed by atoms with van der Waals surface area (Å²) in [7, 11) is 0. The Kier molecular flexibility index (Phi) is 4.39. The fourth-order valence-corrected chi connectivity index (χ4v) is 1.42. The zero-order valence-corrected chi connectivity index (χ0v) is 10.4. The SMILES string of the molecule is CCOC(=O)c1nc(I)c(O)cc1C(F)F. The molecule has 1 aromatic heterocycles. The third-order valence-electron chi connectivity index (χ3n) is 1.69. The first-order chi connectivity index (χ1) is 7.47. The van der Waals surface area contributed by atoms with Crippen LogP contribution in [0.25, 0.3) is 0 Å². The minimum absolute atomic E-state index is 0.0701. The molecular formula is C9H8F2INO3. The number of aromatic nitrogens is 1. The van der Waals surface area contributed by atoms with E-state index in [1.54, 1.807) is 29.5 Å². The predicted octanol–water partition coefficient (Wildman–Crippen LogP) is 2.51. The van der Waals surface area contributed by atoms with Gasteiger partial charge in [-0.3, -0.25) is 0 Å². The summed E-state index contributed by atoms with van der Waals surface area (Å²) in [5, 5.41) is 9.23. The van der Waals surface area contributed by atoms with Crippen LogP contribution in [0, 0.1) is 3.70 Å². The van der Waals surface area contributed by atoms with Crippen LogP contribution in [0.4, 0.5) is 8.78 Å². The number of rotatable bonds is 3. The Morgan fingerprint density at radius 1 is 1.69 bits per heavy atom. The molecule has 7 heteroatoms. The second-order valence-electron chi connectivity index (χ2n) is 2.76. The molecule has 16 heavy (non-hydrogen) atoms. The standard InChI is InChI=1S/C9H8F2INO3/c1-2-16-9(15)6-4(7(10)11)3-5(14)8(12)13-6/h3,7,14H,2H2,1H3. The third kappa shape index (κ3) is 2.77. The lowest BCUT2D eigenvalue weighted by atomic mass is 10.2. The first-order valence-electron chi connectivity index (χ1n) is 4.32. The predicted molar refractivity (Wildman–Crippen MR) is 59.5 cm³/mol. The second-order valence-corrected chi connectivity index (χ2v) is 3.78. The molecule has 0 saturated carbocycles. The fraction of sp³-hybridized carbons (Fsp3) is 0.333. The van der Waals surface area contributed by atoms with Gasteiger partial charge in [0, 0.05) is 0 Å². The Hall–Kier alpha value is -0.990. The Morgan fingerprint density at radius 3 is 2.81 bits per heavy atom. The molecule has 0 bridgehead atoms. The highest BCUT2D eigenvalue weighted by molar-refractivity contribution is 14.1. The van der Waals surface area contributed by atoms with Crippen molar-refractivity contribution in [2.45, 2.75) is 13.3 Å². The zero-order valence-electron chi connectivity index (χ0n) is 8.21. The van der Waals surface area contributed by atoms with Gasteiger partial charge in [-0.1, -0.05) is 0 Å². The molecule has 0 spiro atoms. The summed E-state index contributed by atoms with van der Waals surface area (Å²) in [4.78, 5) is 14.9. The van der Waals surface area contributed by atoms with Crippen molar-refractivity contribution in [1.82, 2.24) is 4.98 Å². The molecule has 0 unspecified atom stereocenters. The highest BCUT2D eigenvalue weighted by atomic mass is 127. The number of carbonyl (C=O) groups excluding carboxylic acids is 1. The van der Waals surface area contributed by atoms with E-state index in [2.05, 4.69) is 9.72 Å². The molecule has 0 aliphatic carbocycles. The number of halogens is 3. The van der Waals surface area contributed by atoms with Gasteiger partial charge in [0.25, 0.3) is 6.43 Å². The van der Waals surface area contributed by atoms with E-state index in [9.17, 15) is 18.7 Å². The van der Waals surface area contributed by atoms with Crippen molar-refractivity contribution < 1.29 is 23.4 Å². The van der Waals surface area contributed by atoms with Gasteiger partial charge in [-0.2, -0.15) is 0 Å². The molecule has 1 rings (SSSR count). The van der Waals surface area contributed by atoms with E-state index in [4.69, 9.17) is 0 Å². The maximum absolute atomic E-state index is 12.6. The molecule has 4 nitrogen and oxygen atoms in total. The summed E-state index contributed by atoms with van der Waals surface area (Å²) in [6.45, 7) is 1.63. The number of pyridine rings is 1. The van der Waals surface area contributed by atoms with Crippen molar-refractivity contribution >= 4 is 28.6 Å². The smallest absolute Gasteiger partial charge is 0.357 e. The number of alkyl halides is 2. The van der Waals surface area contributed by atoms with Crippen LogP contribution < -0.4 is 0 Å². The average Bonchev–Trinajstić information content (AvgIpc) is 2.21. The van der Waals surface area contributed by atoms with Gasteiger partial charge in [-0.25, -0.2) is 18.6 Å². The number of carbonyl (C=O) groups is 1. The van der Waals surface area contributed by atoms with Gasteiger partial charge in [0.15, 0.2) is 5.69 Å².